The lowest BCUT2D eigenvalue weighted by Gasteiger charge is -2.62. The molecule has 0 bridgehead atoms. The van der Waals surface area contributed by atoms with E-state index in [4.69, 9.17) is 0 Å². The molecule has 0 aromatic heterocycles. The number of fused-ring (bicyclic) bond motifs is 5. The number of allylic oxidation sites excluding steroid dienone is 3. The van der Waals surface area contributed by atoms with Gasteiger partial charge in [0.1, 0.15) is 0 Å². The van der Waals surface area contributed by atoms with Gasteiger partial charge in [0.2, 0.25) is 0 Å². The summed E-state index contributed by atoms with van der Waals surface area (Å²) in [7, 11) is 0. The molecule has 0 saturated heterocycles. The molecule has 0 unspecified atom stereocenters. The van der Waals surface area contributed by atoms with Crippen LogP contribution in [-0.2, 0) is 0 Å². The average molecular weight is 431 g/mol. The minimum atomic E-state index is -0.832. The molecule has 3 heteroatoms. The highest BCUT2D eigenvalue weighted by Gasteiger charge is 2.65. The zero-order valence-corrected chi connectivity index (χ0v) is 20.6. The summed E-state index contributed by atoms with van der Waals surface area (Å²) in [5.74, 6) is 3.18. The predicted octanol–water partition coefficient (Wildman–Crippen LogP) is 5.50. The minimum absolute atomic E-state index is 0.235. The number of aliphatic hydroxyl groups excluding tert-OH is 2. The van der Waals surface area contributed by atoms with Crippen LogP contribution >= 0.6 is 0 Å². The van der Waals surface area contributed by atoms with Gasteiger partial charge >= 0.3 is 0 Å². The molecular weight excluding hydrogens is 384 g/mol. The zero-order valence-electron chi connectivity index (χ0n) is 20.6. The molecule has 4 rings (SSSR count). The summed E-state index contributed by atoms with van der Waals surface area (Å²) in [5, 5.41) is 33.0. The molecule has 4 aliphatic carbocycles. The molecule has 0 aromatic rings. The van der Waals surface area contributed by atoms with E-state index in [0.717, 1.165) is 19.3 Å². The van der Waals surface area contributed by atoms with Gasteiger partial charge in [0.15, 0.2) is 0 Å². The van der Waals surface area contributed by atoms with Crippen molar-refractivity contribution in [1.29, 1.82) is 0 Å². The molecule has 0 spiro atoms. The number of rotatable bonds is 4. The molecule has 4 aliphatic rings. The standard InChI is InChI=1S/C28H46O3/c1-17(2)18(3)7-8-19(4)21-11-12-22-23-10-9-20-15-24(29)25(30)16-27(20,6)28(23,31)14-13-26(21,22)5/h7-8,10,17-22,24-25,29-31H,9,11-16H2,1-6H3/b8-7+/t18-,19+,20-,21+,22-,24-,25-,26+,27-,28+/m0/s1. The summed E-state index contributed by atoms with van der Waals surface area (Å²) in [6.45, 7) is 14.0. The quantitative estimate of drug-likeness (QED) is 0.516. The van der Waals surface area contributed by atoms with E-state index >= 15 is 0 Å². The van der Waals surface area contributed by atoms with Gasteiger partial charge in [-0.3, -0.25) is 0 Å². The maximum Gasteiger partial charge on any atom is 0.0916 e. The molecule has 10 atom stereocenters. The highest BCUT2D eigenvalue weighted by atomic mass is 16.3. The van der Waals surface area contributed by atoms with Gasteiger partial charge in [-0.25, -0.2) is 0 Å². The van der Waals surface area contributed by atoms with Crippen LogP contribution in [0.25, 0.3) is 0 Å². The van der Waals surface area contributed by atoms with E-state index in [1.807, 2.05) is 0 Å². The molecule has 3 fully saturated rings. The van der Waals surface area contributed by atoms with Crippen LogP contribution in [0.1, 0.15) is 86.5 Å². The lowest BCUT2D eigenvalue weighted by molar-refractivity contribution is -0.180. The van der Waals surface area contributed by atoms with Crippen molar-refractivity contribution in [3.05, 3.63) is 23.8 Å². The van der Waals surface area contributed by atoms with E-state index in [1.54, 1.807) is 0 Å². The van der Waals surface area contributed by atoms with Crippen molar-refractivity contribution < 1.29 is 15.3 Å². The van der Waals surface area contributed by atoms with Gasteiger partial charge in [0.25, 0.3) is 0 Å². The number of hydrogen-bond donors (Lipinski definition) is 3. The van der Waals surface area contributed by atoms with Crippen LogP contribution in [0.4, 0.5) is 0 Å². The SMILES string of the molecule is CC(C)[C@@H](C)/C=C/[C@@H](C)[C@H]1CC[C@H]2C3=CC[C@H]4C[C@H](O)[C@@H](O)C[C@]4(C)[C@@]3(O)CC[C@]12C. The van der Waals surface area contributed by atoms with E-state index in [2.05, 4.69) is 59.8 Å². The molecule has 0 aromatic carbocycles. The Morgan fingerprint density at radius 1 is 1.00 bits per heavy atom. The van der Waals surface area contributed by atoms with Crippen molar-refractivity contribution in [3.8, 4) is 0 Å². The third-order valence-electron chi connectivity index (χ3n) is 10.8. The van der Waals surface area contributed by atoms with Crippen LogP contribution in [0.15, 0.2) is 23.8 Å². The average Bonchev–Trinajstić information content (AvgIpc) is 3.05. The Morgan fingerprint density at radius 2 is 1.71 bits per heavy atom. The molecule has 3 N–H and O–H groups in total. The molecular formula is C28H46O3. The van der Waals surface area contributed by atoms with E-state index in [9.17, 15) is 15.3 Å². The lowest BCUT2D eigenvalue weighted by atomic mass is 9.45. The topological polar surface area (TPSA) is 60.7 Å². The van der Waals surface area contributed by atoms with Crippen LogP contribution < -0.4 is 0 Å². The highest BCUT2D eigenvalue weighted by molar-refractivity contribution is 5.35. The second-order valence-corrected chi connectivity index (χ2v) is 12.5. The van der Waals surface area contributed by atoms with Crippen LogP contribution in [0.5, 0.6) is 0 Å². The summed E-state index contributed by atoms with van der Waals surface area (Å²) in [4.78, 5) is 0. The monoisotopic (exact) mass is 430 g/mol. The smallest absolute Gasteiger partial charge is 0.0916 e. The van der Waals surface area contributed by atoms with Gasteiger partial charge in [-0.15, -0.1) is 0 Å². The zero-order chi connectivity index (χ0) is 22.8. The second-order valence-electron chi connectivity index (χ2n) is 12.5. The highest BCUT2D eigenvalue weighted by Crippen LogP contribution is 2.68. The summed E-state index contributed by atoms with van der Waals surface area (Å²) < 4.78 is 0. The molecule has 3 nitrogen and oxygen atoms in total. The largest absolute Gasteiger partial charge is 0.390 e. The summed E-state index contributed by atoms with van der Waals surface area (Å²) in [6, 6.07) is 0. The fourth-order valence-electron chi connectivity index (χ4n) is 8.09. The summed E-state index contributed by atoms with van der Waals surface area (Å²) >= 11 is 0. The predicted molar refractivity (Wildman–Crippen MR) is 126 cm³/mol. The molecule has 3 saturated carbocycles. The van der Waals surface area contributed by atoms with Crippen molar-refractivity contribution in [2.24, 2.45) is 46.3 Å². The Hall–Kier alpha value is -0.640. The van der Waals surface area contributed by atoms with Gasteiger partial charge in [-0.2, -0.15) is 0 Å². The van der Waals surface area contributed by atoms with E-state index in [-0.39, 0.29) is 16.7 Å². The Bertz CT molecular complexity index is 741. The maximum absolute atomic E-state index is 12.2. The number of aliphatic hydroxyl groups is 3. The van der Waals surface area contributed by atoms with Gasteiger partial charge in [0.05, 0.1) is 17.8 Å². The Morgan fingerprint density at radius 3 is 2.39 bits per heavy atom. The first-order chi connectivity index (χ1) is 14.4. The molecule has 0 heterocycles. The van der Waals surface area contributed by atoms with E-state index in [1.165, 1.54) is 18.4 Å². The second kappa shape index (κ2) is 7.99. The molecule has 31 heavy (non-hydrogen) atoms. The molecule has 0 aliphatic heterocycles. The Balaban J connectivity index is 1.60. The third kappa shape index (κ3) is 3.49. The van der Waals surface area contributed by atoms with Gasteiger partial charge in [0, 0.05) is 5.41 Å². The van der Waals surface area contributed by atoms with E-state index < -0.39 is 17.8 Å². The number of hydrogen-bond acceptors (Lipinski definition) is 3. The van der Waals surface area contributed by atoms with Crippen LogP contribution in [-0.4, -0.2) is 33.1 Å². The summed E-state index contributed by atoms with van der Waals surface area (Å²) in [6.07, 6.45) is 12.1. The van der Waals surface area contributed by atoms with Crippen molar-refractivity contribution in [1.82, 2.24) is 0 Å². The fourth-order valence-corrected chi connectivity index (χ4v) is 8.09. The molecule has 0 radical (unpaired) electrons. The normalized spacial score (nSPS) is 49.4. The minimum Gasteiger partial charge on any atom is -0.390 e. The van der Waals surface area contributed by atoms with Gasteiger partial charge in [-0.05, 0) is 91.4 Å². The van der Waals surface area contributed by atoms with Crippen molar-refractivity contribution in [2.45, 2.75) is 104 Å². The first kappa shape index (κ1) is 23.5. The van der Waals surface area contributed by atoms with Crippen LogP contribution in [0, 0.1) is 46.3 Å². The van der Waals surface area contributed by atoms with Crippen molar-refractivity contribution in [2.75, 3.05) is 0 Å². The van der Waals surface area contributed by atoms with Crippen molar-refractivity contribution >= 4 is 0 Å². The molecule has 0 amide bonds. The molecule has 176 valence electrons. The Kier molecular flexibility index (Phi) is 6.06. The van der Waals surface area contributed by atoms with Crippen LogP contribution in [0.2, 0.25) is 0 Å². The van der Waals surface area contributed by atoms with Gasteiger partial charge in [-0.1, -0.05) is 59.8 Å². The van der Waals surface area contributed by atoms with E-state index in [0.29, 0.717) is 42.4 Å². The fraction of sp³-hybridized carbons (Fsp3) is 0.857. The third-order valence-corrected chi connectivity index (χ3v) is 10.8. The first-order valence-corrected chi connectivity index (χ1v) is 12.9. The Labute approximate surface area is 190 Å². The van der Waals surface area contributed by atoms with Crippen molar-refractivity contribution in [3.63, 3.8) is 0 Å². The first-order valence-electron chi connectivity index (χ1n) is 12.9. The maximum atomic E-state index is 12.2. The van der Waals surface area contributed by atoms with Crippen LogP contribution in [0.3, 0.4) is 0 Å². The lowest BCUT2D eigenvalue weighted by Crippen LogP contribution is -2.63. The summed E-state index contributed by atoms with van der Waals surface area (Å²) in [5.41, 5.74) is 0.339. The van der Waals surface area contributed by atoms with Gasteiger partial charge < -0.3 is 15.3 Å².